The van der Waals surface area contributed by atoms with Crippen LogP contribution in [0, 0.1) is 0 Å². The van der Waals surface area contributed by atoms with Crippen molar-refractivity contribution in [3.05, 3.63) is 64.2 Å². The van der Waals surface area contributed by atoms with Gasteiger partial charge in [0.25, 0.3) is 11.8 Å². The Kier molecular flexibility index (Phi) is 4.55. The number of carbonyl (C=O) groups is 2. The number of amides is 2. The molecule has 26 heavy (non-hydrogen) atoms. The van der Waals surface area contributed by atoms with E-state index in [1.807, 2.05) is 18.2 Å². The van der Waals surface area contributed by atoms with Crippen molar-refractivity contribution in [2.75, 3.05) is 32.8 Å². The highest BCUT2D eigenvalue weighted by Gasteiger charge is 2.27. The van der Waals surface area contributed by atoms with Gasteiger partial charge in [-0.1, -0.05) is 23.7 Å². The molecule has 2 aliphatic rings. The molecule has 0 spiro atoms. The minimum Gasteiger partial charge on any atom is -0.493 e. The third kappa shape index (κ3) is 3.15. The van der Waals surface area contributed by atoms with E-state index in [2.05, 4.69) is 0 Å². The fraction of sp³-hybridized carbons (Fsp3) is 0.300. The second-order valence-corrected chi connectivity index (χ2v) is 6.89. The Hall–Kier alpha value is -2.53. The van der Waals surface area contributed by atoms with Crippen LogP contribution in [-0.4, -0.2) is 54.4 Å². The van der Waals surface area contributed by atoms with Gasteiger partial charge in [0, 0.05) is 38.2 Å². The third-order valence-corrected chi connectivity index (χ3v) is 5.22. The Labute approximate surface area is 157 Å². The molecule has 2 heterocycles. The minimum absolute atomic E-state index is 0.00421. The van der Waals surface area contributed by atoms with Gasteiger partial charge in [0.15, 0.2) is 0 Å². The lowest BCUT2D eigenvalue weighted by molar-refractivity contribution is 0.0535. The van der Waals surface area contributed by atoms with E-state index in [1.54, 1.807) is 34.1 Å². The van der Waals surface area contributed by atoms with Crippen molar-refractivity contribution in [3.63, 3.8) is 0 Å². The normalized spacial score (nSPS) is 16.2. The SMILES string of the molecule is O=C(c1ccc2c(c1)CCO2)N1CCN(C(=O)c2ccccc2Cl)CC1. The number of piperazine rings is 1. The van der Waals surface area contributed by atoms with Crippen LogP contribution in [0.15, 0.2) is 42.5 Å². The molecule has 0 aliphatic carbocycles. The number of ether oxygens (including phenoxy) is 1. The van der Waals surface area contributed by atoms with Crippen molar-refractivity contribution in [2.24, 2.45) is 0 Å². The van der Waals surface area contributed by atoms with Gasteiger partial charge in [0.2, 0.25) is 0 Å². The number of fused-ring (bicyclic) bond motifs is 1. The zero-order valence-electron chi connectivity index (χ0n) is 14.3. The summed E-state index contributed by atoms with van der Waals surface area (Å²) in [7, 11) is 0. The van der Waals surface area contributed by atoms with Gasteiger partial charge in [-0.15, -0.1) is 0 Å². The Balaban J connectivity index is 1.41. The number of rotatable bonds is 2. The Morgan fingerprint density at radius 3 is 2.35 bits per heavy atom. The fourth-order valence-electron chi connectivity index (χ4n) is 3.42. The van der Waals surface area contributed by atoms with Crippen LogP contribution in [0.2, 0.25) is 5.02 Å². The van der Waals surface area contributed by atoms with Gasteiger partial charge in [0.1, 0.15) is 5.75 Å². The first kappa shape index (κ1) is 16.9. The van der Waals surface area contributed by atoms with Gasteiger partial charge in [-0.2, -0.15) is 0 Å². The van der Waals surface area contributed by atoms with Crippen molar-refractivity contribution in [3.8, 4) is 5.75 Å². The molecule has 5 nitrogen and oxygen atoms in total. The average molecular weight is 371 g/mol. The molecule has 2 aromatic rings. The summed E-state index contributed by atoms with van der Waals surface area (Å²) in [6.45, 7) is 2.72. The maximum absolute atomic E-state index is 12.8. The molecule has 2 aliphatic heterocycles. The maximum Gasteiger partial charge on any atom is 0.255 e. The van der Waals surface area contributed by atoms with E-state index in [4.69, 9.17) is 16.3 Å². The van der Waals surface area contributed by atoms with Gasteiger partial charge in [0.05, 0.1) is 17.2 Å². The molecule has 1 saturated heterocycles. The number of nitrogens with zero attached hydrogens (tertiary/aromatic N) is 2. The summed E-state index contributed by atoms with van der Waals surface area (Å²) in [4.78, 5) is 28.9. The first-order valence-electron chi connectivity index (χ1n) is 8.72. The Bertz CT molecular complexity index is 860. The van der Waals surface area contributed by atoms with Crippen LogP contribution in [0.25, 0.3) is 0 Å². The summed E-state index contributed by atoms with van der Waals surface area (Å²) in [6.07, 6.45) is 0.844. The van der Waals surface area contributed by atoms with Gasteiger partial charge in [-0.05, 0) is 35.9 Å². The molecule has 4 rings (SSSR count). The highest BCUT2D eigenvalue weighted by atomic mass is 35.5. The summed E-state index contributed by atoms with van der Waals surface area (Å²) in [5.41, 5.74) is 2.27. The fourth-order valence-corrected chi connectivity index (χ4v) is 3.64. The summed E-state index contributed by atoms with van der Waals surface area (Å²) in [6, 6.07) is 12.7. The van der Waals surface area contributed by atoms with E-state index in [0.717, 1.165) is 17.7 Å². The summed E-state index contributed by atoms with van der Waals surface area (Å²) < 4.78 is 5.49. The van der Waals surface area contributed by atoms with Crippen molar-refractivity contribution >= 4 is 23.4 Å². The van der Waals surface area contributed by atoms with Gasteiger partial charge >= 0.3 is 0 Å². The van der Waals surface area contributed by atoms with Gasteiger partial charge in [-0.3, -0.25) is 9.59 Å². The van der Waals surface area contributed by atoms with Crippen LogP contribution < -0.4 is 4.74 Å². The van der Waals surface area contributed by atoms with E-state index in [-0.39, 0.29) is 11.8 Å². The highest BCUT2D eigenvalue weighted by molar-refractivity contribution is 6.33. The largest absolute Gasteiger partial charge is 0.493 e. The zero-order valence-corrected chi connectivity index (χ0v) is 15.0. The molecule has 0 radical (unpaired) electrons. The molecular weight excluding hydrogens is 352 g/mol. The smallest absolute Gasteiger partial charge is 0.255 e. The standard InChI is InChI=1S/C20H19ClN2O3/c21-17-4-2-1-3-16(17)20(25)23-10-8-22(9-11-23)19(24)15-5-6-18-14(13-15)7-12-26-18/h1-6,13H,7-12H2. The summed E-state index contributed by atoms with van der Waals surface area (Å²) in [5, 5.41) is 0.455. The predicted octanol–water partition coefficient (Wildman–Crippen LogP) is 2.87. The second-order valence-electron chi connectivity index (χ2n) is 6.49. The van der Waals surface area contributed by atoms with Crippen LogP contribution in [0.4, 0.5) is 0 Å². The quantitative estimate of drug-likeness (QED) is 0.816. The zero-order chi connectivity index (χ0) is 18.1. The molecule has 0 atom stereocenters. The van der Waals surface area contributed by atoms with E-state index in [0.29, 0.717) is 48.9 Å². The van der Waals surface area contributed by atoms with E-state index >= 15 is 0 Å². The molecular formula is C20H19ClN2O3. The average Bonchev–Trinajstić information content (AvgIpc) is 3.15. The predicted molar refractivity (Wildman–Crippen MR) is 98.9 cm³/mol. The van der Waals surface area contributed by atoms with Crippen molar-refractivity contribution in [2.45, 2.75) is 6.42 Å². The van der Waals surface area contributed by atoms with E-state index in [1.165, 1.54) is 0 Å². The molecule has 6 heteroatoms. The molecule has 134 valence electrons. The number of hydrogen-bond acceptors (Lipinski definition) is 3. The van der Waals surface area contributed by atoms with Crippen LogP contribution >= 0.6 is 11.6 Å². The number of benzene rings is 2. The van der Waals surface area contributed by atoms with E-state index < -0.39 is 0 Å². The summed E-state index contributed by atoms with van der Waals surface area (Å²) in [5.74, 6) is 0.790. The Morgan fingerprint density at radius 1 is 0.923 bits per heavy atom. The third-order valence-electron chi connectivity index (χ3n) is 4.89. The minimum atomic E-state index is -0.0858. The molecule has 0 saturated carbocycles. The first-order valence-corrected chi connectivity index (χ1v) is 9.10. The van der Waals surface area contributed by atoms with Crippen LogP contribution in [0.3, 0.4) is 0 Å². The van der Waals surface area contributed by atoms with Crippen molar-refractivity contribution < 1.29 is 14.3 Å². The second kappa shape index (κ2) is 7.00. The molecule has 2 amide bonds. The number of carbonyl (C=O) groups excluding carboxylic acids is 2. The molecule has 0 aromatic heterocycles. The Morgan fingerprint density at radius 2 is 1.62 bits per heavy atom. The number of hydrogen-bond donors (Lipinski definition) is 0. The van der Waals surface area contributed by atoms with Gasteiger partial charge in [-0.25, -0.2) is 0 Å². The molecule has 0 N–H and O–H groups in total. The monoisotopic (exact) mass is 370 g/mol. The van der Waals surface area contributed by atoms with Crippen LogP contribution in [0.1, 0.15) is 26.3 Å². The lowest BCUT2D eigenvalue weighted by Gasteiger charge is -2.35. The molecule has 2 aromatic carbocycles. The topological polar surface area (TPSA) is 49.9 Å². The first-order chi connectivity index (χ1) is 12.6. The van der Waals surface area contributed by atoms with E-state index in [9.17, 15) is 9.59 Å². The van der Waals surface area contributed by atoms with Crippen molar-refractivity contribution in [1.82, 2.24) is 9.80 Å². The van der Waals surface area contributed by atoms with Crippen molar-refractivity contribution in [1.29, 1.82) is 0 Å². The molecule has 0 unspecified atom stereocenters. The van der Waals surface area contributed by atoms with Crippen LogP contribution in [0.5, 0.6) is 5.75 Å². The van der Waals surface area contributed by atoms with Gasteiger partial charge < -0.3 is 14.5 Å². The highest BCUT2D eigenvalue weighted by Crippen LogP contribution is 2.26. The molecule has 1 fully saturated rings. The van der Waals surface area contributed by atoms with Crippen LogP contribution in [-0.2, 0) is 6.42 Å². The molecule has 0 bridgehead atoms. The number of halogens is 1. The summed E-state index contributed by atoms with van der Waals surface area (Å²) >= 11 is 6.12. The maximum atomic E-state index is 12.8. The lowest BCUT2D eigenvalue weighted by Crippen LogP contribution is -2.50. The lowest BCUT2D eigenvalue weighted by atomic mass is 10.1.